The molecule has 0 aliphatic heterocycles. The van der Waals surface area contributed by atoms with Crippen LogP contribution < -0.4 is 4.72 Å². The number of nitrogens with zero attached hydrogens (tertiary/aromatic N) is 2. The van der Waals surface area contributed by atoms with Gasteiger partial charge in [-0.1, -0.05) is 37.1 Å². The summed E-state index contributed by atoms with van der Waals surface area (Å²) >= 11 is 6.06. The Labute approximate surface area is 134 Å². The minimum Gasteiger partial charge on any atom is -0.421 e. The summed E-state index contributed by atoms with van der Waals surface area (Å²) in [5.74, 6) is 0.834. The van der Waals surface area contributed by atoms with Gasteiger partial charge in [0.15, 0.2) is 0 Å². The highest BCUT2D eigenvalue weighted by Gasteiger charge is 2.13. The van der Waals surface area contributed by atoms with E-state index in [1.54, 1.807) is 12.1 Å². The van der Waals surface area contributed by atoms with Crippen molar-refractivity contribution in [2.75, 3.05) is 12.3 Å². The molecule has 0 saturated heterocycles. The number of sulfonamides is 1. The lowest BCUT2D eigenvalue weighted by atomic mass is 10.2. The highest BCUT2D eigenvalue weighted by Crippen LogP contribution is 2.26. The third-order valence-corrected chi connectivity index (χ3v) is 4.80. The summed E-state index contributed by atoms with van der Waals surface area (Å²) in [6, 6.07) is 7.16. The van der Waals surface area contributed by atoms with Crippen LogP contribution in [0.4, 0.5) is 0 Å². The fourth-order valence-electron chi connectivity index (χ4n) is 1.82. The Morgan fingerprint density at radius 2 is 2.05 bits per heavy atom. The van der Waals surface area contributed by atoms with Crippen LogP contribution >= 0.6 is 11.6 Å². The minimum atomic E-state index is -3.23. The van der Waals surface area contributed by atoms with Gasteiger partial charge in [-0.15, -0.1) is 10.2 Å². The summed E-state index contributed by atoms with van der Waals surface area (Å²) in [7, 11) is -3.23. The van der Waals surface area contributed by atoms with E-state index in [4.69, 9.17) is 16.0 Å². The second-order valence-electron chi connectivity index (χ2n) is 4.80. The largest absolute Gasteiger partial charge is 0.421 e. The number of hydrogen-bond acceptors (Lipinski definition) is 5. The smallest absolute Gasteiger partial charge is 0.249 e. The molecule has 0 aliphatic carbocycles. The maximum Gasteiger partial charge on any atom is 0.249 e. The normalized spacial score (nSPS) is 11.7. The summed E-state index contributed by atoms with van der Waals surface area (Å²) in [6.07, 6.45) is 1.82. The van der Waals surface area contributed by atoms with Crippen LogP contribution in [0.15, 0.2) is 28.7 Å². The molecule has 8 heteroatoms. The molecule has 0 amide bonds. The lowest BCUT2D eigenvalue weighted by molar-refractivity contribution is 0.502. The van der Waals surface area contributed by atoms with E-state index in [1.165, 1.54) is 0 Å². The van der Waals surface area contributed by atoms with Crippen LogP contribution in [0.25, 0.3) is 11.5 Å². The number of nitrogens with one attached hydrogen (secondary N) is 1. The molecule has 2 aromatic rings. The van der Waals surface area contributed by atoms with Crippen molar-refractivity contribution in [2.24, 2.45) is 0 Å². The van der Waals surface area contributed by atoms with Crippen molar-refractivity contribution in [1.29, 1.82) is 0 Å². The molecule has 0 atom stereocenters. The maximum atomic E-state index is 11.7. The van der Waals surface area contributed by atoms with Crippen molar-refractivity contribution in [3.63, 3.8) is 0 Å². The van der Waals surface area contributed by atoms with E-state index in [0.717, 1.165) is 6.42 Å². The number of aromatic nitrogens is 2. The Balaban J connectivity index is 1.92. The molecule has 6 nitrogen and oxygen atoms in total. The quantitative estimate of drug-likeness (QED) is 0.796. The second kappa shape index (κ2) is 7.71. The van der Waals surface area contributed by atoms with Gasteiger partial charge in [0.05, 0.1) is 16.3 Å². The van der Waals surface area contributed by atoms with E-state index in [-0.39, 0.29) is 12.3 Å². The van der Waals surface area contributed by atoms with Crippen LogP contribution in [-0.2, 0) is 16.4 Å². The SMILES string of the molecule is CCCCS(=O)(=O)NCCc1nnc(-c2ccccc2Cl)o1. The lowest BCUT2D eigenvalue weighted by Gasteiger charge is -2.04. The standard InChI is InChI=1S/C14H18ClN3O3S/c1-2-3-10-22(19,20)16-9-8-13-17-18-14(21-13)11-6-4-5-7-12(11)15/h4-7,16H,2-3,8-10H2,1H3. The van der Waals surface area contributed by atoms with Crippen LogP contribution in [0.1, 0.15) is 25.7 Å². The first-order valence-electron chi connectivity index (χ1n) is 7.06. The molecule has 120 valence electrons. The van der Waals surface area contributed by atoms with Gasteiger partial charge in [-0.3, -0.25) is 0 Å². The molecule has 0 saturated carbocycles. The number of unbranched alkanes of at least 4 members (excludes halogenated alkanes) is 1. The van der Waals surface area contributed by atoms with Gasteiger partial charge in [0.1, 0.15) is 0 Å². The monoisotopic (exact) mass is 343 g/mol. The molecule has 1 heterocycles. The predicted octanol–water partition coefficient (Wildman–Crippen LogP) is 2.65. The molecule has 0 radical (unpaired) electrons. The zero-order valence-corrected chi connectivity index (χ0v) is 13.8. The predicted molar refractivity (Wildman–Crippen MR) is 85.1 cm³/mol. The Morgan fingerprint density at radius 1 is 1.27 bits per heavy atom. The molecule has 22 heavy (non-hydrogen) atoms. The van der Waals surface area contributed by atoms with Crippen molar-refractivity contribution in [3.8, 4) is 11.5 Å². The van der Waals surface area contributed by atoms with Gasteiger partial charge in [-0.05, 0) is 18.6 Å². The lowest BCUT2D eigenvalue weighted by Crippen LogP contribution is -2.28. The van der Waals surface area contributed by atoms with Gasteiger partial charge < -0.3 is 4.42 Å². The van der Waals surface area contributed by atoms with Crippen LogP contribution in [0, 0.1) is 0 Å². The summed E-state index contributed by atoms with van der Waals surface area (Å²) in [6.45, 7) is 2.18. The topological polar surface area (TPSA) is 85.1 Å². The molecule has 1 aromatic heterocycles. The molecule has 0 bridgehead atoms. The molecule has 2 rings (SSSR count). The van der Waals surface area contributed by atoms with E-state index in [1.807, 2.05) is 19.1 Å². The Hall–Kier alpha value is -1.44. The van der Waals surface area contributed by atoms with Crippen molar-refractivity contribution in [1.82, 2.24) is 14.9 Å². The van der Waals surface area contributed by atoms with Crippen LogP contribution in [0.5, 0.6) is 0 Å². The number of halogens is 1. The van der Waals surface area contributed by atoms with E-state index in [2.05, 4.69) is 14.9 Å². The van der Waals surface area contributed by atoms with E-state index in [0.29, 0.717) is 35.2 Å². The third-order valence-electron chi connectivity index (χ3n) is 3.00. The van der Waals surface area contributed by atoms with E-state index < -0.39 is 10.0 Å². The van der Waals surface area contributed by atoms with Gasteiger partial charge in [-0.2, -0.15) is 0 Å². The summed E-state index contributed by atoms with van der Waals surface area (Å²) in [5.41, 5.74) is 0.659. The van der Waals surface area contributed by atoms with E-state index >= 15 is 0 Å². The van der Waals surface area contributed by atoms with Crippen molar-refractivity contribution >= 4 is 21.6 Å². The molecule has 0 unspecified atom stereocenters. The molecule has 0 spiro atoms. The first kappa shape index (κ1) is 16.9. The molecular weight excluding hydrogens is 326 g/mol. The second-order valence-corrected chi connectivity index (χ2v) is 7.13. The van der Waals surface area contributed by atoms with Crippen molar-refractivity contribution in [3.05, 3.63) is 35.2 Å². The molecule has 0 aliphatic rings. The van der Waals surface area contributed by atoms with Gasteiger partial charge in [-0.25, -0.2) is 13.1 Å². The first-order valence-corrected chi connectivity index (χ1v) is 9.09. The first-order chi connectivity index (χ1) is 10.5. The van der Waals surface area contributed by atoms with E-state index in [9.17, 15) is 8.42 Å². The third kappa shape index (κ3) is 4.79. The van der Waals surface area contributed by atoms with Crippen LogP contribution in [-0.4, -0.2) is 30.9 Å². The minimum absolute atomic E-state index is 0.137. The fourth-order valence-corrected chi connectivity index (χ4v) is 3.26. The van der Waals surface area contributed by atoms with Crippen LogP contribution in [0.2, 0.25) is 5.02 Å². The fraction of sp³-hybridized carbons (Fsp3) is 0.429. The number of benzene rings is 1. The molecule has 1 N–H and O–H groups in total. The summed E-state index contributed by atoms with van der Waals surface area (Å²) < 4.78 is 31.3. The maximum absolute atomic E-state index is 11.7. The zero-order valence-electron chi connectivity index (χ0n) is 12.3. The Bertz CT molecular complexity index is 716. The Morgan fingerprint density at radius 3 is 2.77 bits per heavy atom. The van der Waals surface area contributed by atoms with Crippen LogP contribution in [0.3, 0.4) is 0 Å². The molecular formula is C14H18ClN3O3S. The average Bonchev–Trinajstić information content (AvgIpc) is 2.94. The number of rotatable bonds is 8. The summed E-state index contributed by atoms with van der Waals surface area (Å²) in [5, 5.41) is 8.36. The highest BCUT2D eigenvalue weighted by atomic mass is 35.5. The van der Waals surface area contributed by atoms with Crippen molar-refractivity contribution < 1.29 is 12.8 Å². The van der Waals surface area contributed by atoms with Crippen molar-refractivity contribution in [2.45, 2.75) is 26.2 Å². The van der Waals surface area contributed by atoms with Gasteiger partial charge >= 0.3 is 0 Å². The van der Waals surface area contributed by atoms with Gasteiger partial charge in [0.25, 0.3) is 0 Å². The molecule has 1 aromatic carbocycles. The zero-order chi connectivity index (χ0) is 16.0. The summed E-state index contributed by atoms with van der Waals surface area (Å²) in [4.78, 5) is 0. The average molecular weight is 344 g/mol. The Kier molecular flexibility index (Phi) is 5.93. The van der Waals surface area contributed by atoms with Gasteiger partial charge in [0, 0.05) is 13.0 Å². The molecule has 0 fully saturated rings. The number of hydrogen-bond donors (Lipinski definition) is 1. The highest BCUT2D eigenvalue weighted by molar-refractivity contribution is 7.89. The van der Waals surface area contributed by atoms with Gasteiger partial charge in [0.2, 0.25) is 21.8 Å².